The van der Waals surface area contributed by atoms with Crippen LogP contribution in [0, 0.1) is 5.92 Å². The number of hydrogen-bond acceptors (Lipinski definition) is 4. The maximum Gasteiger partial charge on any atom is 0.231 e. The lowest BCUT2D eigenvalue weighted by Crippen LogP contribution is -2.41. The number of nitrogens with one attached hydrogen (secondary N) is 1. The van der Waals surface area contributed by atoms with Crippen molar-refractivity contribution in [2.45, 2.75) is 31.9 Å². The minimum atomic E-state index is -0.181. The van der Waals surface area contributed by atoms with Crippen LogP contribution < -0.4 is 14.8 Å². The average molecular weight is 319 g/mol. The summed E-state index contributed by atoms with van der Waals surface area (Å²) in [6.45, 7) is 1.78. The highest BCUT2D eigenvalue weighted by atomic mass is 16.7. The molecule has 0 bridgehead atoms. The topological polar surface area (TPSA) is 66.3 Å². The first-order chi connectivity index (χ1) is 11.2. The molecule has 3 rings (SSSR count). The Morgan fingerprint density at radius 2 is 2.17 bits per heavy atom. The van der Waals surface area contributed by atoms with Gasteiger partial charge >= 0.3 is 0 Å². The molecular weight excluding hydrogens is 294 g/mol. The molecule has 0 saturated heterocycles. The SMILES string of the molecule is CN=C(NCC1CCCC1O)N(C)Cc1ccc2c(c1)OCO2. The molecule has 1 fully saturated rings. The van der Waals surface area contributed by atoms with E-state index < -0.39 is 0 Å². The quantitative estimate of drug-likeness (QED) is 0.651. The monoisotopic (exact) mass is 319 g/mol. The van der Waals surface area contributed by atoms with Gasteiger partial charge in [-0.3, -0.25) is 4.99 Å². The van der Waals surface area contributed by atoms with Crippen molar-refractivity contribution in [3.8, 4) is 11.5 Å². The van der Waals surface area contributed by atoms with E-state index in [9.17, 15) is 5.11 Å². The number of nitrogens with zero attached hydrogens (tertiary/aromatic N) is 2. The van der Waals surface area contributed by atoms with Crippen LogP contribution in [0.1, 0.15) is 24.8 Å². The first kappa shape index (κ1) is 15.9. The molecule has 0 amide bonds. The first-order valence-corrected chi connectivity index (χ1v) is 8.15. The Bertz CT molecular complexity index is 576. The Morgan fingerprint density at radius 1 is 1.35 bits per heavy atom. The third-order valence-electron chi connectivity index (χ3n) is 4.57. The summed E-state index contributed by atoms with van der Waals surface area (Å²) in [5, 5.41) is 13.3. The zero-order valence-electron chi connectivity index (χ0n) is 13.8. The number of aliphatic imine (C=N–C) groups is 1. The lowest BCUT2D eigenvalue weighted by atomic mass is 10.1. The summed E-state index contributed by atoms with van der Waals surface area (Å²) in [5.74, 6) is 2.76. The van der Waals surface area contributed by atoms with E-state index in [-0.39, 0.29) is 6.10 Å². The van der Waals surface area contributed by atoms with E-state index in [1.807, 2.05) is 25.2 Å². The summed E-state index contributed by atoms with van der Waals surface area (Å²) >= 11 is 0. The van der Waals surface area contributed by atoms with Crippen molar-refractivity contribution in [3.05, 3.63) is 23.8 Å². The molecule has 126 valence electrons. The summed E-state index contributed by atoms with van der Waals surface area (Å²) in [6.07, 6.45) is 2.92. The highest BCUT2D eigenvalue weighted by molar-refractivity contribution is 5.79. The fraction of sp³-hybridized carbons (Fsp3) is 0.588. The van der Waals surface area contributed by atoms with Crippen LogP contribution in [0.5, 0.6) is 11.5 Å². The van der Waals surface area contributed by atoms with Gasteiger partial charge in [-0.2, -0.15) is 0 Å². The molecule has 1 heterocycles. The van der Waals surface area contributed by atoms with Gasteiger partial charge in [-0.05, 0) is 30.5 Å². The summed E-state index contributed by atoms with van der Waals surface area (Å²) in [7, 11) is 3.79. The molecule has 2 atom stereocenters. The van der Waals surface area contributed by atoms with Crippen molar-refractivity contribution < 1.29 is 14.6 Å². The Balaban J connectivity index is 1.56. The Morgan fingerprint density at radius 3 is 2.91 bits per heavy atom. The van der Waals surface area contributed by atoms with Crippen LogP contribution in [-0.2, 0) is 6.54 Å². The Kier molecular flexibility index (Phi) is 4.91. The van der Waals surface area contributed by atoms with E-state index in [4.69, 9.17) is 9.47 Å². The molecule has 2 unspecified atom stereocenters. The molecule has 1 aliphatic heterocycles. The van der Waals surface area contributed by atoms with Gasteiger partial charge in [0, 0.05) is 33.1 Å². The van der Waals surface area contributed by atoms with Gasteiger partial charge in [-0.15, -0.1) is 0 Å². The number of benzene rings is 1. The first-order valence-electron chi connectivity index (χ1n) is 8.15. The van der Waals surface area contributed by atoms with Crippen LogP contribution in [0.4, 0.5) is 0 Å². The molecule has 2 N–H and O–H groups in total. The third-order valence-corrected chi connectivity index (χ3v) is 4.57. The average Bonchev–Trinajstić information content (AvgIpc) is 3.16. The number of ether oxygens (including phenoxy) is 2. The van der Waals surface area contributed by atoms with Crippen molar-refractivity contribution in [2.24, 2.45) is 10.9 Å². The fourth-order valence-electron chi connectivity index (χ4n) is 3.25. The molecule has 0 aromatic heterocycles. The second-order valence-corrected chi connectivity index (χ2v) is 6.23. The molecule has 23 heavy (non-hydrogen) atoms. The number of rotatable bonds is 4. The van der Waals surface area contributed by atoms with E-state index in [2.05, 4.69) is 15.2 Å². The van der Waals surface area contributed by atoms with Crippen LogP contribution >= 0.6 is 0 Å². The van der Waals surface area contributed by atoms with Crippen LogP contribution in [0.2, 0.25) is 0 Å². The Hall–Kier alpha value is -1.95. The van der Waals surface area contributed by atoms with Crippen molar-refractivity contribution in [1.29, 1.82) is 0 Å². The molecule has 0 radical (unpaired) electrons. The van der Waals surface area contributed by atoms with E-state index in [1.165, 1.54) is 0 Å². The van der Waals surface area contributed by atoms with E-state index in [1.54, 1.807) is 7.05 Å². The Labute approximate surface area is 137 Å². The summed E-state index contributed by atoms with van der Waals surface area (Å²) in [6, 6.07) is 5.99. The zero-order chi connectivity index (χ0) is 16.2. The second kappa shape index (κ2) is 7.08. The van der Waals surface area contributed by atoms with Gasteiger partial charge in [0.25, 0.3) is 0 Å². The van der Waals surface area contributed by atoms with Crippen LogP contribution in [-0.4, -0.2) is 49.5 Å². The molecule has 6 heteroatoms. The maximum absolute atomic E-state index is 9.92. The molecule has 1 aromatic carbocycles. The zero-order valence-corrected chi connectivity index (χ0v) is 13.8. The maximum atomic E-state index is 9.92. The van der Waals surface area contributed by atoms with Crippen molar-refractivity contribution >= 4 is 5.96 Å². The lowest BCUT2D eigenvalue weighted by molar-refractivity contribution is 0.134. The van der Waals surface area contributed by atoms with E-state index in [0.717, 1.165) is 55.4 Å². The largest absolute Gasteiger partial charge is 0.454 e. The molecule has 0 spiro atoms. The smallest absolute Gasteiger partial charge is 0.231 e. The molecule has 6 nitrogen and oxygen atoms in total. The summed E-state index contributed by atoms with van der Waals surface area (Å²) in [5.41, 5.74) is 1.14. The number of guanidine groups is 1. The predicted molar refractivity (Wildman–Crippen MR) is 88.7 cm³/mol. The van der Waals surface area contributed by atoms with Gasteiger partial charge in [-0.1, -0.05) is 12.5 Å². The van der Waals surface area contributed by atoms with Crippen LogP contribution in [0.15, 0.2) is 23.2 Å². The predicted octanol–water partition coefficient (Wildman–Crippen LogP) is 1.58. The van der Waals surface area contributed by atoms with Gasteiger partial charge in [0.2, 0.25) is 6.79 Å². The van der Waals surface area contributed by atoms with E-state index in [0.29, 0.717) is 12.7 Å². The van der Waals surface area contributed by atoms with Gasteiger partial charge in [0.15, 0.2) is 17.5 Å². The molecule has 2 aliphatic rings. The van der Waals surface area contributed by atoms with Crippen LogP contribution in [0.3, 0.4) is 0 Å². The van der Waals surface area contributed by atoms with Gasteiger partial charge in [0.05, 0.1) is 6.10 Å². The van der Waals surface area contributed by atoms with Gasteiger partial charge in [-0.25, -0.2) is 0 Å². The molecule has 1 aromatic rings. The minimum absolute atomic E-state index is 0.181. The standard InChI is InChI=1S/C17H25N3O3/c1-18-17(19-9-13-4-3-5-14(13)21)20(2)10-12-6-7-15-16(8-12)23-11-22-15/h6-8,13-14,21H,3-5,9-11H2,1-2H3,(H,18,19). The second-order valence-electron chi connectivity index (χ2n) is 6.23. The van der Waals surface area contributed by atoms with Gasteiger partial charge in [0.1, 0.15) is 0 Å². The normalized spacial score (nSPS) is 23.2. The number of aliphatic hydroxyl groups is 1. The fourth-order valence-corrected chi connectivity index (χ4v) is 3.25. The van der Waals surface area contributed by atoms with E-state index >= 15 is 0 Å². The number of hydrogen-bond donors (Lipinski definition) is 2. The highest BCUT2D eigenvalue weighted by Crippen LogP contribution is 2.32. The lowest BCUT2D eigenvalue weighted by Gasteiger charge is -2.24. The molecular formula is C17H25N3O3. The molecule has 1 saturated carbocycles. The van der Waals surface area contributed by atoms with Crippen molar-refractivity contribution in [1.82, 2.24) is 10.2 Å². The number of aliphatic hydroxyl groups excluding tert-OH is 1. The molecule has 1 aliphatic carbocycles. The third kappa shape index (κ3) is 3.69. The van der Waals surface area contributed by atoms with Crippen LogP contribution in [0.25, 0.3) is 0 Å². The summed E-state index contributed by atoms with van der Waals surface area (Å²) in [4.78, 5) is 6.40. The summed E-state index contributed by atoms with van der Waals surface area (Å²) < 4.78 is 10.8. The van der Waals surface area contributed by atoms with Gasteiger partial charge < -0.3 is 24.8 Å². The number of fused-ring (bicyclic) bond motifs is 1. The van der Waals surface area contributed by atoms with Crippen molar-refractivity contribution in [3.63, 3.8) is 0 Å². The minimum Gasteiger partial charge on any atom is -0.454 e. The van der Waals surface area contributed by atoms with Crippen molar-refractivity contribution in [2.75, 3.05) is 27.4 Å². The highest BCUT2D eigenvalue weighted by Gasteiger charge is 2.25.